The smallest absolute Gasteiger partial charge is 0.274 e. The molecule has 1 fully saturated rings. The van der Waals surface area contributed by atoms with E-state index < -0.39 is 6.04 Å². The van der Waals surface area contributed by atoms with Crippen LogP contribution in [0.15, 0.2) is 12.4 Å². The zero-order valence-corrected chi connectivity index (χ0v) is 12.0. The van der Waals surface area contributed by atoms with Crippen molar-refractivity contribution in [1.82, 2.24) is 25.1 Å². The molecule has 1 N–H and O–H groups in total. The molecule has 1 aromatic rings. The summed E-state index contributed by atoms with van der Waals surface area (Å²) in [6.45, 7) is 3.57. The Hall–Kier alpha value is -2.02. The van der Waals surface area contributed by atoms with E-state index in [-0.39, 0.29) is 17.5 Å². The summed E-state index contributed by atoms with van der Waals surface area (Å²) >= 11 is 0. The Balaban J connectivity index is 2.21. The normalized spacial score (nSPS) is 19.8. The molecule has 20 heavy (non-hydrogen) atoms. The van der Waals surface area contributed by atoms with Crippen molar-refractivity contribution < 1.29 is 9.59 Å². The van der Waals surface area contributed by atoms with Crippen LogP contribution in [-0.4, -0.2) is 71.4 Å². The van der Waals surface area contributed by atoms with Gasteiger partial charge in [-0.05, 0) is 14.0 Å². The lowest BCUT2D eigenvalue weighted by atomic mass is 10.1. The molecule has 1 unspecified atom stereocenters. The van der Waals surface area contributed by atoms with Crippen molar-refractivity contribution >= 4 is 11.8 Å². The maximum Gasteiger partial charge on any atom is 0.274 e. The second-order valence-electron chi connectivity index (χ2n) is 4.93. The summed E-state index contributed by atoms with van der Waals surface area (Å²) in [5.41, 5.74) is 1.02. The third-order valence-corrected chi connectivity index (χ3v) is 3.39. The van der Waals surface area contributed by atoms with Crippen molar-refractivity contribution in [3.63, 3.8) is 0 Å². The number of likely N-dealkylation sites (N-methyl/N-ethyl adjacent to an activating group) is 2. The highest BCUT2D eigenvalue weighted by Crippen LogP contribution is 2.12. The Morgan fingerprint density at radius 3 is 2.65 bits per heavy atom. The van der Waals surface area contributed by atoms with E-state index in [0.29, 0.717) is 13.1 Å². The molecule has 2 heterocycles. The van der Waals surface area contributed by atoms with Crippen molar-refractivity contribution in [3.05, 3.63) is 23.8 Å². The molecular weight excluding hydrogens is 258 g/mol. The van der Waals surface area contributed by atoms with Crippen LogP contribution in [0.1, 0.15) is 16.2 Å². The predicted octanol–water partition coefficient (Wildman–Crippen LogP) is -0.713. The van der Waals surface area contributed by atoms with Gasteiger partial charge >= 0.3 is 0 Å². The number of amides is 2. The van der Waals surface area contributed by atoms with Crippen LogP contribution in [0.2, 0.25) is 0 Å². The molecule has 0 bridgehead atoms. The second-order valence-corrected chi connectivity index (χ2v) is 4.93. The average molecular weight is 277 g/mol. The van der Waals surface area contributed by atoms with E-state index in [1.54, 1.807) is 18.1 Å². The summed E-state index contributed by atoms with van der Waals surface area (Å²) in [4.78, 5) is 36.2. The SMILES string of the molecule is CNC(=O)C1CN(C)CCN1C(=O)c1cnc(C)cn1. The molecule has 0 spiro atoms. The molecule has 0 saturated carbocycles. The molecule has 0 aliphatic carbocycles. The Labute approximate surface area is 118 Å². The van der Waals surface area contributed by atoms with E-state index in [0.717, 1.165) is 12.2 Å². The number of aryl methyl sites for hydroxylation is 1. The molecule has 7 nitrogen and oxygen atoms in total. The summed E-state index contributed by atoms with van der Waals surface area (Å²) in [6, 6.07) is -0.491. The third kappa shape index (κ3) is 2.93. The lowest BCUT2D eigenvalue weighted by Crippen LogP contribution is -2.59. The molecule has 1 aliphatic heterocycles. The maximum absolute atomic E-state index is 12.5. The molecule has 0 radical (unpaired) electrons. The van der Waals surface area contributed by atoms with Crippen LogP contribution in [0, 0.1) is 6.92 Å². The standard InChI is InChI=1S/C13H19N5O2/c1-9-6-16-10(7-15-9)13(20)18-5-4-17(3)8-11(18)12(19)14-2/h6-7,11H,4-5,8H2,1-3H3,(H,14,19). The quantitative estimate of drug-likeness (QED) is 0.772. The van der Waals surface area contributed by atoms with Gasteiger partial charge in [-0.15, -0.1) is 0 Å². The predicted molar refractivity (Wildman–Crippen MR) is 73.2 cm³/mol. The van der Waals surface area contributed by atoms with E-state index in [9.17, 15) is 9.59 Å². The van der Waals surface area contributed by atoms with Gasteiger partial charge in [0.15, 0.2) is 0 Å². The molecule has 7 heteroatoms. The fourth-order valence-corrected chi connectivity index (χ4v) is 2.20. The first-order chi connectivity index (χ1) is 9.52. The minimum Gasteiger partial charge on any atom is -0.357 e. The van der Waals surface area contributed by atoms with Gasteiger partial charge in [-0.25, -0.2) is 4.98 Å². The molecule has 1 atom stereocenters. The number of aromatic nitrogens is 2. The zero-order valence-electron chi connectivity index (χ0n) is 12.0. The van der Waals surface area contributed by atoms with Crippen LogP contribution < -0.4 is 5.32 Å². The van der Waals surface area contributed by atoms with Gasteiger partial charge in [0, 0.05) is 32.9 Å². The summed E-state index contributed by atoms with van der Waals surface area (Å²) in [5, 5.41) is 2.61. The van der Waals surface area contributed by atoms with Crippen molar-refractivity contribution in [2.45, 2.75) is 13.0 Å². The van der Waals surface area contributed by atoms with Crippen LogP contribution in [-0.2, 0) is 4.79 Å². The fraction of sp³-hybridized carbons (Fsp3) is 0.538. The first-order valence-electron chi connectivity index (χ1n) is 6.52. The van der Waals surface area contributed by atoms with Crippen molar-refractivity contribution in [2.24, 2.45) is 0 Å². The van der Waals surface area contributed by atoms with Gasteiger partial charge in [-0.3, -0.25) is 14.6 Å². The first-order valence-corrected chi connectivity index (χ1v) is 6.52. The van der Waals surface area contributed by atoms with Gasteiger partial charge in [0.1, 0.15) is 11.7 Å². The van der Waals surface area contributed by atoms with E-state index in [4.69, 9.17) is 0 Å². The molecular formula is C13H19N5O2. The summed E-state index contributed by atoms with van der Waals surface area (Å²) < 4.78 is 0. The van der Waals surface area contributed by atoms with Gasteiger partial charge < -0.3 is 15.1 Å². The second kappa shape index (κ2) is 5.96. The van der Waals surface area contributed by atoms with Gasteiger partial charge in [0.05, 0.1) is 11.9 Å². The summed E-state index contributed by atoms with van der Waals surface area (Å²) in [6.07, 6.45) is 3.01. The third-order valence-electron chi connectivity index (χ3n) is 3.39. The molecule has 2 amide bonds. The summed E-state index contributed by atoms with van der Waals surface area (Å²) in [5.74, 6) is -0.413. The van der Waals surface area contributed by atoms with E-state index in [2.05, 4.69) is 15.3 Å². The van der Waals surface area contributed by atoms with E-state index in [1.165, 1.54) is 6.20 Å². The largest absolute Gasteiger partial charge is 0.357 e. The van der Waals surface area contributed by atoms with Crippen LogP contribution in [0.3, 0.4) is 0 Å². The molecule has 2 rings (SSSR count). The molecule has 1 aromatic heterocycles. The highest BCUT2D eigenvalue weighted by molar-refractivity contribution is 5.96. The van der Waals surface area contributed by atoms with Crippen molar-refractivity contribution in [1.29, 1.82) is 0 Å². The highest BCUT2D eigenvalue weighted by atomic mass is 16.2. The van der Waals surface area contributed by atoms with Crippen LogP contribution in [0.5, 0.6) is 0 Å². The number of nitrogens with zero attached hydrogens (tertiary/aromatic N) is 4. The van der Waals surface area contributed by atoms with Gasteiger partial charge in [0.25, 0.3) is 5.91 Å². The monoisotopic (exact) mass is 277 g/mol. The average Bonchev–Trinajstić information content (AvgIpc) is 2.46. The Morgan fingerprint density at radius 2 is 2.05 bits per heavy atom. The number of piperazine rings is 1. The molecule has 0 aromatic carbocycles. The van der Waals surface area contributed by atoms with Crippen molar-refractivity contribution in [2.75, 3.05) is 33.7 Å². The first kappa shape index (κ1) is 14.4. The summed E-state index contributed by atoms with van der Waals surface area (Å²) in [7, 11) is 3.51. The number of hydrogen-bond donors (Lipinski definition) is 1. The highest BCUT2D eigenvalue weighted by Gasteiger charge is 2.34. The topological polar surface area (TPSA) is 78.4 Å². The minimum atomic E-state index is -0.491. The van der Waals surface area contributed by atoms with Gasteiger partial charge in [0.2, 0.25) is 5.91 Å². The fourth-order valence-electron chi connectivity index (χ4n) is 2.20. The van der Waals surface area contributed by atoms with Gasteiger partial charge in [-0.1, -0.05) is 0 Å². The molecule has 1 saturated heterocycles. The van der Waals surface area contributed by atoms with Crippen LogP contribution in [0.4, 0.5) is 0 Å². The number of carbonyl (C=O) groups excluding carboxylic acids is 2. The van der Waals surface area contributed by atoms with E-state index >= 15 is 0 Å². The number of rotatable bonds is 2. The minimum absolute atomic E-state index is 0.162. The molecule has 108 valence electrons. The molecule has 1 aliphatic rings. The van der Waals surface area contributed by atoms with E-state index in [1.807, 2.05) is 18.9 Å². The van der Waals surface area contributed by atoms with Crippen LogP contribution >= 0.6 is 0 Å². The number of hydrogen-bond acceptors (Lipinski definition) is 5. The van der Waals surface area contributed by atoms with Crippen molar-refractivity contribution in [3.8, 4) is 0 Å². The number of nitrogens with one attached hydrogen (secondary N) is 1. The number of carbonyl (C=O) groups is 2. The Morgan fingerprint density at radius 1 is 1.30 bits per heavy atom. The van der Waals surface area contributed by atoms with Crippen LogP contribution in [0.25, 0.3) is 0 Å². The Kier molecular flexibility index (Phi) is 4.29. The Bertz CT molecular complexity index is 502. The zero-order chi connectivity index (χ0) is 14.7. The lowest BCUT2D eigenvalue weighted by Gasteiger charge is -2.38. The lowest BCUT2D eigenvalue weighted by molar-refractivity contribution is -0.126. The van der Waals surface area contributed by atoms with Gasteiger partial charge in [-0.2, -0.15) is 0 Å². The maximum atomic E-state index is 12.5.